The summed E-state index contributed by atoms with van der Waals surface area (Å²) in [7, 11) is 0. The minimum atomic E-state index is -0.268. The molecule has 0 saturated carbocycles. The number of likely N-dealkylation sites (tertiary alicyclic amines) is 1. The Labute approximate surface area is 146 Å². The van der Waals surface area contributed by atoms with E-state index in [1.165, 1.54) is 0 Å². The van der Waals surface area contributed by atoms with Gasteiger partial charge in [0.05, 0.1) is 0 Å². The average Bonchev–Trinajstić information content (AvgIpc) is 3.19. The summed E-state index contributed by atoms with van der Waals surface area (Å²) in [5.74, 6) is 1.53. The van der Waals surface area contributed by atoms with Gasteiger partial charge in [0, 0.05) is 31.6 Å². The van der Waals surface area contributed by atoms with Crippen LogP contribution in [0.1, 0.15) is 34.7 Å². The van der Waals surface area contributed by atoms with Gasteiger partial charge in [0.15, 0.2) is 5.76 Å². The SMILES string of the molecule is Cc1cc(COc2ccccc2)oc1C(=O)NCCN1CCCC1=O. The Hall–Kier alpha value is -2.76. The molecule has 0 aliphatic carbocycles. The van der Waals surface area contributed by atoms with Gasteiger partial charge in [0.1, 0.15) is 18.1 Å². The van der Waals surface area contributed by atoms with E-state index in [1.807, 2.05) is 43.3 Å². The molecule has 1 saturated heterocycles. The number of ether oxygens (including phenoxy) is 1. The highest BCUT2D eigenvalue weighted by Crippen LogP contribution is 2.17. The molecule has 0 radical (unpaired) electrons. The Morgan fingerprint density at radius 2 is 2.12 bits per heavy atom. The summed E-state index contributed by atoms with van der Waals surface area (Å²) >= 11 is 0. The molecular formula is C19H22N2O4. The molecule has 2 aromatic rings. The van der Waals surface area contributed by atoms with Crippen molar-refractivity contribution in [3.8, 4) is 5.75 Å². The van der Waals surface area contributed by atoms with Crippen LogP contribution in [0.15, 0.2) is 40.8 Å². The van der Waals surface area contributed by atoms with Crippen molar-refractivity contribution in [2.24, 2.45) is 0 Å². The number of hydrogen-bond donors (Lipinski definition) is 1. The second kappa shape index (κ2) is 7.88. The van der Waals surface area contributed by atoms with Crippen LogP contribution in [0.4, 0.5) is 0 Å². The fourth-order valence-electron chi connectivity index (χ4n) is 2.84. The Morgan fingerprint density at radius 3 is 2.84 bits per heavy atom. The quantitative estimate of drug-likeness (QED) is 0.839. The number of carbonyl (C=O) groups is 2. The highest BCUT2D eigenvalue weighted by Gasteiger charge is 2.20. The standard InChI is InChI=1S/C19H22N2O4/c1-14-12-16(13-24-15-6-3-2-4-7-15)25-18(14)19(23)20-9-11-21-10-5-8-17(21)22/h2-4,6-7,12H,5,8-11,13H2,1H3,(H,20,23). The second-order valence-electron chi connectivity index (χ2n) is 6.07. The van der Waals surface area contributed by atoms with Crippen molar-refractivity contribution in [2.45, 2.75) is 26.4 Å². The van der Waals surface area contributed by atoms with Crippen LogP contribution in [0.25, 0.3) is 0 Å². The molecule has 6 nitrogen and oxygen atoms in total. The van der Waals surface area contributed by atoms with Crippen LogP contribution in [0, 0.1) is 6.92 Å². The predicted molar refractivity (Wildman–Crippen MR) is 92.4 cm³/mol. The Balaban J connectivity index is 1.50. The Kier molecular flexibility index (Phi) is 5.38. The molecule has 1 aliphatic rings. The molecular weight excluding hydrogens is 320 g/mol. The third-order valence-corrected chi connectivity index (χ3v) is 4.14. The smallest absolute Gasteiger partial charge is 0.287 e. The van der Waals surface area contributed by atoms with E-state index in [2.05, 4.69) is 5.32 Å². The molecule has 1 fully saturated rings. The largest absolute Gasteiger partial charge is 0.486 e. The number of furan rings is 1. The molecule has 0 bridgehead atoms. The molecule has 0 unspecified atom stereocenters. The van der Waals surface area contributed by atoms with Crippen LogP contribution in [0.5, 0.6) is 5.75 Å². The van der Waals surface area contributed by atoms with Crippen molar-refractivity contribution in [1.29, 1.82) is 0 Å². The first kappa shape index (κ1) is 17.1. The van der Waals surface area contributed by atoms with Gasteiger partial charge < -0.3 is 19.4 Å². The predicted octanol–water partition coefficient (Wildman–Crippen LogP) is 2.52. The lowest BCUT2D eigenvalue weighted by Crippen LogP contribution is -2.35. The number of benzene rings is 1. The number of amides is 2. The number of para-hydroxylation sites is 1. The molecule has 2 heterocycles. The summed E-state index contributed by atoms with van der Waals surface area (Å²) < 4.78 is 11.3. The van der Waals surface area contributed by atoms with Gasteiger partial charge in [-0.15, -0.1) is 0 Å². The van der Waals surface area contributed by atoms with Gasteiger partial charge in [-0.2, -0.15) is 0 Å². The summed E-state index contributed by atoms with van der Waals surface area (Å²) in [5.41, 5.74) is 0.765. The van der Waals surface area contributed by atoms with E-state index < -0.39 is 0 Å². The molecule has 0 spiro atoms. The van der Waals surface area contributed by atoms with Crippen LogP contribution in [0.3, 0.4) is 0 Å². The Morgan fingerprint density at radius 1 is 1.32 bits per heavy atom. The third-order valence-electron chi connectivity index (χ3n) is 4.14. The summed E-state index contributed by atoms with van der Waals surface area (Å²) in [6.07, 6.45) is 1.50. The summed E-state index contributed by atoms with van der Waals surface area (Å²) in [5, 5.41) is 2.81. The second-order valence-corrected chi connectivity index (χ2v) is 6.07. The Bertz CT molecular complexity index is 739. The topological polar surface area (TPSA) is 71.8 Å². The van der Waals surface area contributed by atoms with Crippen LogP contribution in [-0.2, 0) is 11.4 Å². The molecule has 1 N–H and O–H groups in total. The molecule has 132 valence electrons. The minimum Gasteiger partial charge on any atom is -0.486 e. The van der Waals surface area contributed by atoms with E-state index in [9.17, 15) is 9.59 Å². The molecule has 6 heteroatoms. The van der Waals surface area contributed by atoms with Crippen molar-refractivity contribution >= 4 is 11.8 Å². The van der Waals surface area contributed by atoms with E-state index in [4.69, 9.17) is 9.15 Å². The van der Waals surface area contributed by atoms with Crippen LogP contribution >= 0.6 is 0 Å². The van der Waals surface area contributed by atoms with Crippen molar-refractivity contribution in [3.63, 3.8) is 0 Å². The lowest BCUT2D eigenvalue weighted by Gasteiger charge is -2.15. The first-order valence-corrected chi connectivity index (χ1v) is 8.46. The number of nitrogens with one attached hydrogen (secondary N) is 1. The fourth-order valence-corrected chi connectivity index (χ4v) is 2.84. The van der Waals surface area contributed by atoms with Crippen LogP contribution in [-0.4, -0.2) is 36.3 Å². The van der Waals surface area contributed by atoms with Gasteiger partial charge in [-0.05, 0) is 31.5 Å². The molecule has 2 amide bonds. The molecule has 3 rings (SSSR count). The first-order valence-electron chi connectivity index (χ1n) is 8.46. The normalized spacial score (nSPS) is 14.0. The lowest BCUT2D eigenvalue weighted by molar-refractivity contribution is -0.127. The monoisotopic (exact) mass is 342 g/mol. The van der Waals surface area contributed by atoms with Crippen molar-refractivity contribution < 1.29 is 18.7 Å². The first-order chi connectivity index (χ1) is 12.1. The highest BCUT2D eigenvalue weighted by molar-refractivity contribution is 5.92. The van der Waals surface area contributed by atoms with Gasteiger partial charge in [-0.1, -0.05) is 18.2 Å². The summed E-state index contributed by atoms with van der Waals surface area (Å²) in [6, 6.07) is 11.2. The van der Waals surface area contributed by atoms with Gasteiger partial charge in [-0.3, -0.25) is 9.59 Å². The van der Waals surface area contributed by atoms with Gasteiger partial charge in [0.25, 0.3) is 5.91 Å². The number of hydrogen-bond acceptors (Lipinski definition) is 4. The van der Waals surface area contributed by atoms with Crippen LogP contribution < -0.4 is 10.1 Å². The summed E-state index contributed by atoms with van der Waals surface area (Å²) in [6.45, 7) is 3.82. The molecule has 1 aromatic carbocycles. The molecule has 0 atom stereocenters. The fraction of sp³-hybridized carbons (Fsp3) is 0.368. The molecule has 25 heavy (non-hydrogen) atoms. The molecule has 1 aromatic heterocycles. The zero-order chi connectivity index (χ0) is 17.6. The number of nitrogens with zero attached hydrogens (tertiary/aromatic N) is 1. The van der Waals surface area contributed by atoms with Crippen molar-refractivity contribution in [1.82, 2.24) is 10.2 Å². The maximum Gasteiger partial charge on any atom is 0.287 e. The van der Waals surface area contributed by atoms with Crippen LogP contribution in [0.2, 0.25) is 0 Å². The number of carbonyl (C=O) groups excluding carboxylic acids is 2. The minimum absolute atomic E-state index is 0.156. The van der Waals surface area contributed by atoms with E-state index in [0.717, 1.165) is 24.3 Å². The third kappa shape index (κ3) is 4.41. The molecule has 1 aliphatic heterocycles. The van der Waals surface area contributed by atoms with E-state index in [1.54, 1.807) is 4.90 Å². The lowest BCUT2D eigenvalue weighted by atomic mass is 10.2. The van der Waals surface area contributed by atoms with Gasteiger partial charge >= 0.3 is 0 Å². The van der Waals surface area contributed by atoms with Gasteiger partial charge in [-0.25, -0.2) is 0 Å². The van der Waals surface area contributed by atoms with E-state index >= 15 is 0 Å². The average molecular weight is 342 g/mol. The van der Waals surface area contributed by atoms with Gasteiger partial charge in [0.2, 0.25) is 5.91 Å². The maximum atomic E-state index is 12.3. The number of aryl methyl sites for hydroxylation is 1. The van der Waals surface area contributed by atoms with E-state index in [0.29, 0.717) is 31.0 Å². The zero-order valence-electron chi connectivity index (χ0n) is 14.3. The van der Waals surface area contributed by atoms with E-state index in [-0.39, 0.29) is 18.4 Å². The van der Waals surface area contributed by atoms with Crippen molar-refractivity contribution in [2.75, 3.05) is 19.6 Å². The maximum absolute atomic E-state index is 12.3. The zero-order valence-corrected chi connectivity index (χ0v) is 14.3. The summed E-state index contributed by atoms with van der Waals surface area (Å²) in [4.78, 5) is 25.6. The highest BCUT2D eigenvalue weighted by atomic mass is 16.5. The van der Waals surface area contributed by atoms with Crippen molar-refractivity contribution in [3.05, 3.63) is 53.5 Å². The number of rotatable bonds is 7.